The molecule has 0 aliphatic carbocycles. The van der Waals surface area contributed by atoms with Crippen molar-refractivity contribution < 1.29 is 22.7 Å². The van der Waals surface area contributed by atoms with Crippen molar-refractivity contribution in [3.05, 3.63) is 29.0 Å². The highest BCUT2D eigenvalue weighted by Crippen LogP contribution is 2.22. The molecule has 0 radical (unpaired) electrons. The summed E-state index contributed by atoms with van der Waals surface area (Å²) in [5.74, 6) is -1.72. The van der Waals surface area contributed by atoms with E-state index in [1.807, 2.05) is 0 Å². The van der Waals surface area contributed by atoms with Crippen LogP contribution in [-0.4, -0.2) is 25.0 Å². The minimum absolute atomic E-state index is 0.122. The monoisotopic (exact) mass is 323 g/mol. The van der Waals surface area contributed by atoms with Gasteiger partial charge in [0.2, 0.25) is 10.0 Å². The topological polar surface area (TPSA) is 83.5 Å². The van der Waals surface area contributed by atoms with Gasteiger partial charge in [0.1, 0.15) is 5.82 Å². The van der Waals surface area contributed by atoms with Crippen LogP contribution in [-0.2, 0) is 14.8 Å². The van der Waals surface area contributed by atoms with Crippen LogP contribution in [0.15, 0.2) is 23.1 Å². The van der Waals surface area contributed by atoms with E-state index in [-0.39, 0.29) is 22.8 Å². The van der Waals surface area contributed by atoms with Gasteiger partial charge in [-0.25, -0.2) is 17.5 Å². The number of nitrogens with one attached hydrogen (secondary N) is 1. The molecule has 0 saturated carbocycles. The van der Waals surface area contributed by atoms with Crippen molar-refractivity contribution in [2.45, 2.75) is 37.1 Å². The molecule has 1 aromatic carbocycles. The minimum atomic E-state index is -3.90. The van der Waals surface area contributed by atoms with E-state index < -0.39 is 27.3 Å². The van der Waals surface area contributed by atoms with Crippen LogP contribution < -0.4 is 4.72 Å². The van der Waals surface area contributed by atoms with E-state index in [9.17, 15) is 17.6 Å². The summed E-state index contributed by atoms with van der Waals surface area (Å²) in [4.78, 5) is 10.4. The lowest BCUT2D eigenvalue weighted by Gasteiger charge is -2.25. The highest BCUT2D eigenvalue weighted by atomic mass is 35.5. The first-order valence-corrected chi connectivity index (χ1v) is 7.60. The molecule has 0 aliphatic heterocycles. The van der Waals surface area contributed by atoms with Crippen molar-refractivity contribution in [3.8, 4) is 0 Å². The quantitative estimate of drug-likeness (QED) is 0.842. The first kappa shape index (κ1) is 16.9. The number of hydrogen-bond acceptors (Lipinski definition) is 3. The smallest absolute Gasteiger partial charge is 0.303 e. The third kappa shape index (κ3) is 4.73. The number of hydrogen-bond donors (Lipinski definition) is 2. The average Bonchev–Trinajstić information content (AvgIpc) is 2.29. The standard InChI is InChI=1S/C12H15ClFNO4S/c1-12(2,6-5-11(16)17)15-20(18,19)8-3-4-10(14)9(13)7-8/h3-4,7,15H,5-6H2,1-2H3,(H,16,17). The highest BCUT2D eigenvalue weighted by Gasteiger charge is 2.27. The molecule has 0 aliphatic rings. The van der Waals surface area contributed by atoms with Crippen LogP contribution in [0, 0.1) is 5.82 Å². The van der Waals surface area contributed by atoms with E-state index in [1.54, 1.807) is 13.8 Å². The molecule has 0 fully saturated rings. The molecule has 8 heteroatoms. The zero-order valence-electron chi connectivity index (χ0n) is 11.0. The molecule has 0 aromatic heterocycles. The van der Waals surface area contributed by atoms with Crippen molar-refractivity contribution in [3.63, 3.8) is 0 Å². The second-order valence-corrected chi connectivity index (χ2v) is 7.05. The van der Waals surface area contributed by atoms with E-state index in [2.05, 4.69) is 4.72 Å². The second-order valence-electron chi connectivity index (χ2n) is 4.96. The predicted octanol–water partition coefficient (Wildman–Crippen LogP) is 2.40. The summed E-state index contributed by atoms with van der Waals surface area (Å²) in [5.41, 5.74) is -0.946. The molecule has 5 nitrogen and oxygen atoms in total. The minimum Gasteiger partial charge on any atom is -0.481 e. The number of halogens is 2. The molecular weight excluding hydrogens is 309 g/mol. The first-order chi connectivity index (χ1) is 9.03. The summed E-state index contributed by atoms with van der Waals surface area (Å²) < 4.78 is 39.6. The number of carboxylic acid groups (broad SMARTS) is 1. The Balaban J connectivity index is 2.93. The van der Waals surface area contributed by atoms with E-state index in [0.29, 0.717) is 0 Å². The number of rotatable bonds is 6. The van der Waals surface area contributed by atoms with Gasteiger partial charge >= 0.3 is 5.97 Å². The van der Waals surface area contributed by atoms with Crippen LogP contribution in [0.5, 0.6) is 0 Å². The Morgan fingerprint density at radius 2 is 2.05 bits per heavy atom. The van der Waals surface area contributed by atoms with Crippen LogP contribution in [0.3, 0.4) is 0 Å². The van der Waals surface area contributed by atoms with Gasteiger partial charge in [0.05, 0.1) is 9.92 Å². The molecule has 0 amide bonds. The maximum atomic E-state index is 13.0. The predicted molar refractivity (Wildman–Crippen MR) is 72.7 cm³/mol. The maximum absolute atomic E-state index is 13.0. The number of carboxylic acids is 1. The van der Waals surface area contributed by atoms with Gasteiger partial charge < -0.3 is 5.11 Å². The molecule has 0 heterocycles. The molecule has 112 valence electrons. The van der Waals surface area contributed by atoms with Crippen LogP contribution in [0.1, 0.15) is 26.7 Å². The Kier molecular flexibility index (Phi) is 5.12. The van der Waals surface area contributed by atoms with E-state index in [0.717, 1.165) is 18.2 Å². The number of sulfonamides is 1. The lowest BCUT2D eigenvalue weighted by atomic mass is 10.0. The number of benzene rings is 1. The molecular formula is C12H15ClFNO4S. The zero-order chi connectivity index (χ0) is 15.6. The Labute approximate surface area is 121 Å². The highest BCUT2D eigenvalue weighted by molar-refractivity contribution is 7.89. The van der Waals surface area contributed by atoms with E-state index in [1.165, 1.54) is 0 Å². The first-order valence-electron chi connectivity index (χ1n) is 5.74. The zero-order valence-corrected chi connectivity index (χ0v) is 12.6. The third-order valence-electron chi connectivity index (χ3n) is 2.58. The second kappa shape index (κ2) is 6.07. The molecule has 0 bridgehead atoms. The van der Waals surface area contributed by atoms with Crippen molar-refractivity contribution in [1.29, 1.82) is 0 Å². The van der Waals surface area contributed by atoms with E-state index >= 15 is 0 Å². The van der Waals surface area contributed by atoms with Crippen LogP contribution in [0.4, 0.5) is 4.39 Å². The maximum Gasteiger partial charge on any atom is 0.303 e. The van der Waals surface area contributed by atoms with Crippen LogP contribution in [0.25, 0.3) is 0 Å². The van der Waals surface area contributed by atoms with Gasteiger partial charge in [0.15, 0.2) is 0 Å². The van der Waals surface area contributed by atoms with Gasteiger partial charge in [0, 0.05) is 12.0 Å². The largest absolute Gasteiger partial charge is 0.481 e. The fraction of sp³-hybridized carbons (Fsp3) is 0.417. The SMILES string of the molecule is CC(C)(CCC(=O)O)NS(=O)(=O)c1ccc(F)c(Cl)c1. The molecule has 0 spiro atoms. The molecule has 2 N–H and O–H groups in total. The summed E-state index contributed by atoms with van der Waals surface area (Å²) in [5, 5.41) is 8.33. The summed E-state index contributed by atoms with van der Waals surface area (Å²) in [6.45, 7) is 3.14. The summed E-state index contributed by atoms with van der Waals surface area (Å²) in [7, 11) is -3.90. The van der Waals surface area contributed by atoms with Gasteiger partial charge in [0.25, 0.3) is 0 Å². The van der Waals surface area contributed by atoms with E-state index in [4.69, 9.17) is 16.7 Å². The fourth-order valence-corrected chi connectivity index (χ4v) is 3.25. The van der Waals surface area contributed by atoms with Crippen molar-refractivity contribution in [2.75, 3.05) is 0 Å². The molecule has 20 heavy (non-hydrogen) atoms. The Morgan fingerprint density at radius 1 is 1.45 bits per heavy atom. The Morgan fingerprint density at radius 3 is 2.55 bits per heavy atom. The summed E-state index contributed by atoms with van der Waals surface area (Å²) in [6, 6.07) is 3.06. The van der Waals surface area contributed by atoms with Crippen molar-refractivity contribution in [2.24, 2.45) is 0 Å². The van der Waals surface area contributed by atoms with Gasteiger partial charge in [-0.15, -0.1) is 0 Å². The lowest BCUT2D eigenvalue weighted by Crippen LogP contribution is -2.43. The molecule has 0 unspecified atom stereocenters. The third-order valence-corrected chi connectivity index (χ3v) is 4.56. The Hall–Kier alpha value is -1.18. The van der Waals surface area contributed by atoms with Crippen LogP contribution >= 0.6 is 11.6 Å². The molecule has 1 rings (SSSR count). The lowest BCUT2D eigenvalue weighted by molar-refractivity contribution is -0.137. The number of carbonyl (C=O) groups is 1. The normalized spacial score (nSPS) is 12.4. The van der Waals surface area contributed by atoms with Crippen LogP contribution in [0.2, 0.25) is 5.02 Å². The molecule has 0 saturated heterocycles. The summed E-state index contributed by atoms with van der Waals surface area (Å²) >= 11 is 5.55. The number of aliphatic carboxylic acids is 1. The fourth-order valence-electron chi connectivity index (χ4n) is 1.54. The molecule has 1 aromatic rings. The molecule has 0 atom stereocenters. The van der Waals surface area contributed by atoms with Gasteiger partial charge in [-0.3, -0.25) is 4.79 Å². The van der Waals surface area contributed by atoms with Crippen molar-refractivity contribution in [1.82, 2.24) is 4.72 Å². The van der Waals surface area contributed by atoms with Gasteiger partial charge in [-0.05, 0) is 38.5 Å². The Bertz CT molecular complexity index is 616. The van der Waals surface area contributed by atoms with Gasteiger partial charge in [-0.1, -0.05) is 11.6 Å². The van der Waals surface area contributed by atoms with Crippen molar-refractivity contribution >= 4 is 27.6 Å². The summed E-state index contributed by atoms with van der Waals surface area (Å²) in [6.07, 6.45) is -0.0455. The average molecular weight is 324 g/mol. The van der Waals surface area contributed by atoms with Gasteiger partial charge in [-0.2, -0.15) is 0 Å².